The van der Waals surface area contributed by atoms with Crippen LogP contribution in [0.25, 0.3) is 0 Å². The summed E-state index contributed by atoms with van der Waals surface area (Å²) in [7, 11) is 0. The molecule has 9 heteroatoms. The Bertz CT molecular complexity index is 613. The average molecular weight is 294 g/mol. The van der Waals surface area contributed by atoms with E-state index >= 15 is 0 Å². The number of cyclic esters (lactones) is 1. The Morgan fingerprint density at radius 2 is 2.10 bits per heavy atom. The number of para-hydroxylation sites is 1. The van der Waals surface area contributed by atoms with E-state index in [9.17, 15) is 24.5 Å². The van der Waals surface area contributed by atoms with Crippen LogP contribution >= 0.6 is 0 Å². The summed E-state index contributed by atoms with van der Waals surface area (Å²) in [6.45, 7) is -0.524. The smallest absolute Gasteiger partial charge is 0.416 e. The van der Waals surface area contributed by atoms with E-state index in [0.29, 0.717) is 0 Å². The minimum atomic E-state index is -1.01. The van der Waals surface area contributed by atoms with E-state index in [1.807, 2.05) is 0 Å². The highest BCUT2D eigenvalue weighted by atomic mass is 16.6. The Labute approximate surface area is 118 Å². The molecule has 2 rings (SSSR count). The molecule has 0 unspecified atom stereocenters. The normalized spacial score (nSPS) is 13.7. The number of amides is 2. The van der Waals surface area contributed by atoms with Gasteiger partial charge in [-0.05, 0) is 6.07 Å². The molecule has 0 saturated carbocycles. The first-order valence-electron chi connectivity index (χ1n) is 5.88. The summed E-state index contributed by atoms with van der Waals surface area (Å²) in [6, 6.07) is 5.20. The number of nitrogens with zero attached hydrogens (tertiary/aromatic N) is 2. The molecule has 0 N–H and O–H groups in total. The SMILES string of the molecule is O=C(OCC(=O)N1CCOC1=O)c1ccccc1[N+](=O)[O-]. The number of ether oxygens (including phenoxy) is 2. The highest BCUT2D eigenvalue weighted by Gasteiger charge is 2.29. The Hall–Kier alpha value is -2.97. The van der Waals surface area contributed by atoms with Gasteiger partial charge in [-0.2, -0.15) is 0 Å². The van der Waals surface area contributed by atoms with Crippen LogP contribution < -0.4 is 0 Å². The van der Waals surface area contributed by atoms with E-state index in [1.165, 1.54) is 18.2 Å². The van der Waals surface area contributed by atoms with Crippen LogP contribution in [-0.4, -0.2) is 47.6 Å². The molecular formula is C12H10N2O7. The van der Waals surface area contributed by atoms with Gasteiger partial charge in [-0.3, -0.25) is 14.9 Å². The van der Waals surface area contributed by atoms with E-state index in [4.69, 9.17) is 4.74 Å². The minimum absolute atomic E-state index is 0.0840. The van der Waals surface area contributed by atoms with Gasteiger partial charge in [0.1, 0.15) is 12.2 Å². The third kappa shape index (κ3) is 3.14. The minimum Gasteiger partial charge on any atom is -0.452 e. The van der Waals surface area contributed by atoms with Crippen molar-refractivity contribution in [1.29, 1.82) is 0 Å². The topological polar surface area (TPSA) is 116 Å². The van der Waals surface area contributed by atoms with Crippen molar-refractivity contribution >= 4 is 23.7 Å². The molecule has 21 heavy (non-hydrogen) atoms. The summed E-state index contributed by atoms with van der Waals surface area (Å²) >= 11 is 0. The molecule has 1 saturated heterocycles. The van der Waals surface area contributed by atoms with E-state index in [2.05, 4.69) is 4.74 Å². The summed E-state index contributed by atoms with van der Waals surface area (Å²) in [5.74, 6) is -1.76. The fraction of sp³-hybridized carbons (Fsp3) is 0.250. The number of imide groups is 1. The molecule has 1 fully saturated rings. The van der Waals surface area contributed by atoms with Crippen molar-refractivity contribution in [1.82, 2.24) is 4.90 Å². The maximum atomic E-state index is 11.8. The lowest BCUT2D eigenvalue weighted by Gasteiger charge is -2.10. The van der Waals surface area contributed by atoms with Crippen LogP contribution in [0.3, 0.4) is 0 Å². The van der Waals surface area contributed by atoms with Crippen molar-refractivity contribution in [2.24, 2.45) is 0 Å². The monoisotopic (exact) mass is 294 g/mol. The number of carbonyl (C=O) groups is 3. The predicted molar refractivity (Wildman–Crippen MR) is 66.4 cm³/mol. The quantitative estimate of drug-likeness (QED) is 0.456. The molecule has 0 spiro atoms. The van der Waals surface area contributed by atoms with Crippen molar-refractivity contribution in [3.63, 3.8) is 0 Å². The number of carbonyl (C=O) groups excluding carboxylic acids is 3. The number of rotatable bonds is 4. The Morgan fingerprint density at radius 1 is 1.38 bits per heavy atom. The molecule has 1 aromatic rings. The second kappa shape index (κ2) is 5.99. The fourth-order valence-electron chi connectivity index (χ4n) is 1.71. The third-order valence-corrected chi connectivity index (χ3v) is 2.71. The molecule has 0 bridgehead atoms. The Morgan fingerprint density at radius 3 is 2.71 bits per heavy atom. The lowest BCUT2D eigenvalue weighted by atomic mass is 10.2. The summed E-state index contributed by atoms with van der Waals surface area (Å²) < 4.78 is 9.26. The van der Waals surface area contributed by atoms with Crippen molar-refractivity contribution in [3.8, 4) is 0 Å². The van der Waals surface area contributed by atoms with Gasteiger partial charge >= 0.3 is 12.1 Å². The molecule has 0 aromatic heterocycles. The Balaban J connectivity index is 2.01. The summed E-state index contributed by atoms with van der Waals surface area (Å²) in [4.78, 5) is 45.4. The van der Waals surface area contributed by atoms with Gasteiger partial charge in [0.2, 0.25) is 0 Å². The van der Waals surface area contributed by atoms with E-state index < -0.39 is 35.2 Å². The lowest BCUT2D eigenvalue weighted by Crippen LogP contribution is -2.35. The summed E-state index contributed by atoms with van der Waals surface area (Å²) in [5.41, 5.74) is -0.685. The Kier molecular flexibility index (Phi) is 4.12. The highest BCUT2D eigenvalue weighted by Crippen LogP contribution is 2.18. The average Bonchev–Trinajstić information content (AvgIpc) is 2.90. The van der Waals surface area contributed by atoms with Crippen molar-refractivity contribution in [2.45, 2.75) is 0 Å². The molecule has 2 amide bonds. The molecule has 0 atom stereocenters. The first kappa shape index (κ1) is 14.4. The number of nitro benzene ring substituents is 1. The second-order valence-electron chi connectivity index (χ2n) is 4.01. The van der Waals surface area contributed by atoms with E-state index in [-0.39, 0.29) is 18.7 Å². The van der Waals surface area contributed by atoms with Crippen LogP contribution in [0.5, 0.6) is 0 Å². The zero-order chi connectivity index (χ0) is 15.4. The van der Waals surface area contributed by atoms with Crippen LogP contribution in [0.2, 0.25) is 0 Å². The lowest BCUT2D eigenvalue weighted by molar-refractivity contribution is -0.385. The van der Waals surface area contributed by atoms with Gasteiger partial charge < -0.3 is 9.47 Å². The van der Waals surface area contributed by atoms with Crippen molar-refractivity contribution in [3.05, 3.63) is 39.9 Å². The van der Waals surface area contributed by atoms with Gasteiger partial charge in [0.25, 0.3) is 11.6 Å². The van der Waals surface area contributed by atoms with Gasteiger partial charge in [0, 0.05) is 6.07 Å². The van der Waals surface area contributed by atoms with Gasteiger partial charge in [-0.15, -0.1) is 0 Å². The van der Waals surface area contributed by atoms with Crippen LogP contribution in [-0.2, 0) is 14.3 Å². The van der Waals surface area contributed by atoms with Gasteiger partial charge in [0.05, 0.1) is 11.5 Å². The standard InChI is InChI=1S/C12H10N2O7/c15-10(13-5-6-20-12(13)17)7-21-11(16)8-3-1-2-4-9(8)14(18)19/h1-4H,5-7H2. The van der Waals surface area contributed by atoms with Gasteiger partial charge in [0.15, 0.2) is 6.61 Å². The van der Waals surface area contributed by atoms with E-state index in [0.717, 1.165) is 11.0 Å². The molecule has 1 aliphatic rings. The maximum Gasteiger partial charge on any atom is 0.416 e. The number of hydrogen-bond donors (Lipinski definition) is 0. The third-order valence-electron chi connectivity index (χ3n) is 2.71. The summed E-state index contributed by atoms with van der Waals surface area (Å²) in [6.07, 6.45) is -0.804. The van der Waals surface area contributed by atoms with Crippen molar-refractivity contribution < 1.29 is 28.8 Å². The molecule has 9 nitrogen and oxygen atoms in total. The predicted octanol–water partition coefficient (Wildman–Crippen LogP) is 0.730. The van der Waals surface area contributed by atoms with Gasteiger partial charge in [-0.25, -0.2) is 14.5 Å². The van der Waals surface area contributed by atoms with Gasteiger partial charge in [-0.1, -0.05) is 12.1 Å². The second-order valence-corrected chi connectivity index (χ2v) is 4.01. The fourth-order valence-corrected chi connectivity index (χ4v) is 1.71. The van der Waals surface area contributed by atoms with Crippen LogP contribution in [0.1, 0.15) is 10.4 Å². The zero-order valence-corrected chi connectivity index (χ0v) is 10.7. The first-order chi connectivity index (χ1) is 10.0. The molecule has 0 aliphatic carbocycles. The van der Waals surface area contributed by atoms with Crippen LogP contribution in [0, 0.1) is 10.1 Å². The molecule has 110 valence electrons. The molecule has 1 aromatic carbocycles. The first-order valence-corrected chi connectivity index (χ1v) is 5.88. The highest BCUT2D eigenvalue weighted by molar-refractivity contribution is 5.97. The zero-order valence-electron chi connectivity index (χ0n) is 10.7. The number of esters is 1. The van der Waals surface area contributed by atoms with Crippen molar-refractivity contribution in [2.75, 3.05) is 19.8 Å². The number of nitro groups is 1. The van der Waals surface area contributed by atoms with Crippen LogP contribution in [0.4, 0.5) is 10.5 Å². The molecule has 0 radical (unpaired) electrons. The largest absolute Gasteiger partial charge is 0.452 e. The number of hydrogen-bond acceptors (Lipinski definition) is 7. The van der Waals surface area contributed by atoms with E-state index in [1.54, 1.807) is 0 Å². The molecular weight excluding hydrogens is 284 g/mol. The maximum absolute atomic E-state index is 11.8. The molecule has 1 aliphatic heterocycles. The number of benzene rings is 1. The summed E-state index contributed by atoms with van der Waals surface area (Å²) in [5, 5.41) is 10.8. The van der Waals surface area contributed by atoms with Crippen LogP contribution in [0.15, 0.2) is 24.3 Å². The molecule has 1 heterocycles.